The van der Waals surface area contributed by atoms with E-state index >= 15 is 0 Å². The second-order valence-corrected chi connectivity index (χ2v) is 8.17. The van der Waals surface area contributed by atoms with Crippen LogP contribution in [-0.4, -0.2) is 55.0 Å². The van der Waals surface area contributed by atoms with Crippen molar-refractivity contribution in [1.29, 1.82) is 0 Å². The molecule has 0 aliphatic heterocycles. The summed E-state index contributed by atoms with van der Waals surface area (Å²) in [5.74, 6) is 1.34. The molecule has 0 aromatic heterocycles. The Labute approximate surface area is 171 Å². The molecule has 0 aliphatic carbocycles. The maximum atomic E-state index is 12.3. The third-order valence-electron chi connectivity index (χ3n) is 4.21. The summed E-state index contributed by atoms with van der Waals surface area (Å²) < 4.78 is 41.0. The number of ether oxygens (including phenoxy) is 3. The lowest BCUT2D eigenvalue weighted by Crippen LogP contribution is -2.40. The molecule has 29 heavy (non-hydrogen) atoms. The summed E-state index contributed by atoms with van der Waals surface area (Å²) in [6, 6.07) is 12.1. The van der Waals surface area contributed by atoms with Gasteiger partial charge in [0.15, 0.2) is 11.5 Å². The van der Waals surface area contributed by atoms with Gasteiger partial charge in [0.1, 0.15) is 12.3 Å². The molecule has 1 N–H and O–H groups in total. The first-order valence-electron chi connectivity index (χ1n) is 8.88. The molecule has 2 aromatic rings. The van der Waals surface area contributed by atoms with E-state index in [0.717, 1.165) is 16.1 Å². The van der Waals surface area contributed by atoms with Gasteiger partial charge >= 0.3 is 0 Å². The van der Waals surface area contributed by atoms with E-state index in [-0.39, 0.29) is 6.54 Å². The van der Waals surface area contributed by atoms with Gasteiger partial charge in [0, 0.05) is 12.6 Å². The highest BCUT2D eigenvalue weighted by Crippen LogP contribution is 2.27. The van der Waals surface area contributed by atoms with Crippen molar-refractivity contribution < 1.29 is 27.4 Å². The molecular formula is C20H26N2O6S. The molecule has 0 heterocycles. The number of methoxy groups -OCH3 is 3. The van der Waals surface area contributed by atoms with Gasteiger partial charge in [-0.05, 0) is 36.2 Å². The van der Waals surface area contributed by atoms with E-state index in [4.69, 9.17) is 14.2 Å². The summed E-state index contributed by atoms with van der Waals surface area (Å²) in [7, 11) is 0.966. The first-order valence-corrected chi connectivity index (χ1v) is 10.7. The van der Waals surface area contributed by atoms with Crippen LogP contribution in [0.2, 0.25) is 0 Å². The van der Waals surface area contributed by atoms with Gasteiger partial charge in [-0.1, -0.05) is 12.1 Å². The normalized spacial score (nSPS) is 10.9. The van der Waals surface area contributed by atoms with Crippen molar-refractivity contribution >= 4 is 21.6 Å². The minimum atomic E-state index is -3.65. The van der Waals surface area contributed by atoms with E-state index in [2.05, 4.69) is 5.32 Å². The average Bonchev–Trinajstić information content (AvgIpc) is 2.71. The molecule has 0 spiro atoms. The van der Waals surface area contributed by atoms with Gasteiger partial charge in [0.2, 0.25) is 15.9 Å². The van der Waals surface area contributed by atoms with Gasteiger partial charge < -0.3 is 19.5 Å². The van der Waals surface area contributed by atoms with Crippen LogP contribution in [0.3, 0.4) is 0 Å². The zero-order chi connectivity index (χ0) is 21.4. The molecule has 8 nitrogen and oxygen atoms in total. The minimum absolute atomic E-state index is 0.321. The van der Waals surface area contributed by atoms with Gasteiger partial charge in [0.05, 0.1) is 33.3 Å². The zero-order valence-corrected chi connectivity index (χ0v) is 17.8. The molecule has 2 aromatic carbocycles. The van der Waals surface area contributed by atoms with Crippen molar-refractivity contribution in [3.8, 4) is 17.2 Å². The lowest BCUT2D eigenvalue weighted by atomic mass is 10.1. The largest absolute Gasteiger partial charge is 0.497 e. The molecule has 0 fully saturated rings. The second-order valence-electron chi connectivity index (χ2n) is 6.26. The van der Waals surface area contributed by atoms with Crippen LogP contribution in [0, 0.1) is 0 Å². The quantitative estimate of drug-likeness (QED) is 0.628. The van der Waals surface area contributed by atoms with Crippen LogP contribution in [0.5, 0.6) is 17.2 Å². The van der Waals surface area contributed by atoms with Gasteiger partial charge in [-0.15, -0.1) is 0 Å². The van der Waals surface area contributed by atoms with Crippen LogP contribution < -0.4 is 23.8 Å². The van der Waals surface area contributed by atoms with Crippen LogP contribution in [0.15, 0.2) is 42.5 Å². The summed E-state index contributed by atoms with van der Waals surface area (Å²) >= 11 is 0. The number of hydrogen-bond donors (Lipinski definition) is 1. The summed E-state index contributed by atoms with van der Waals surface area (Å²) in [6.07, 6.45) is 1.62. The summed E-state index contributed by atoms with van der Waals surface area (Å²) in [4.78, 5) is 12.3. The topological polar surface area (TPSA) is 94.2 Å². The van der Waals surface area contributed by atoms with Gasteiger partial charge in [-0.2, -0.15) is 0 Å². The molecule has 0 saturated carbocycles. The highest BCUT2D eigenvalue weighted by atomic mass is 32.2. The molecule has 2 rings (SSSR count). The van der Waals surface area contributed by atoms with E-state index in [0.29, 0.717) is 35.9 Å². The number of benzene rings is 2. The van der Waals surface area contributed by atoms with E-state index in [1.54, 1.807) is 44.6 Å². The Balaban J connectivity index is 2.00. The van der Waals surface area contributed by atoms with Crippen molar-refractivity contribution in [2.75, 3.05) is 45.0 Å². The van der Waals surface area contributed by atoms with E-state index < -0.39 is 15.9 Å². The highest BCUT2D eigenvalue weighted by molar-refractivity contribution is 7.92. The Hall–Kier alpha value is -2.94. The van der Waals surface area contributed by atoms with Crippen LogP contribution in [0.4, 0.5) is 5.69 Å². The number of amides is 1. The smallest absolute Gasteiger partial charge is 0.240 e. The Bertz CT molecular complexity index is 946. The lowest BCUT2D eigenvalue weighted by molar-refractivity contribution is -0.119. The fraction of sp³-hybridized carbons (Fsp3) is 0.350. The number of nitrogens with zero attached hydrogens (tertiary/aromatic N) is 1. The number of nitrogens with one attached hydrogen (secondary N) is 1. The Morgan fingerprint density at radius 1 is 1.00 bits per heavy atom. The van der Waals surface area contributed by atoms with Crippen LogP contribution >= 0.6 is 0 Å². The van der Waals surface area contributed by atoms with E-state index in [1.807, 2.05) is 12.1 Å². The maximum absolute atomic E-state index is 12.3. The summed E-state index contributed by atoms with van der Waals surface area (Å²) in [6.45, 7) is 0.0297. The van der Waals surface area contributed by atoms with E-state index in [1.165, 1.54) is 7.11 Å². The molecule has 0 bridgehead atoms. The third-order valence-corrected chi connectivity index (χ3v) is 5.35. The maximum Gasteiger partial charge on any atom is 0.240 e. The molecule has 1 amide bonds. The second kappa shape index (κ2) is 10.0. The third kappa shape index (κ3) is 6.28. The van der Waals surface area contributed by atoms with Gasteiger partial charge in [-0.3, -0.25) is 9.10 Å². The standard InChI is InChI=1S/C20H26N2O6S/c1-26-17-7-5-6-16(13-17)22(29(4,24)25)14-20(23)21-11-10-15-8-9-18(27-2)19(12-15)28-3/h5-9,12-13H,10-11,14H2,1-4H3,(H,21,23). The minimum Gasteiger partial charge on any atom is -0.497 e. The number of carbonyl (C=O) groups is 1. The summed E-state index contributed by atoms with van der Waals surface area (Å²) in [5.41, 5.74) is 1.32. The predicted octanol–water partition coefficient (Wildman–Crippen LogP) is 1.84. The van der Waals surface area contributed by atoms with Crippen LogP contribution in [0.25, 0.3) is 0 Å². The van der Waals surface area contributed by atoms with Gasteiger partial charge in [0.25, 0.3) is 0 Å². The fourth-order valence-corrected chi connectivity index (χ4v) is 3.58. The lowest BCUT2D eigenvalue weighted by Gasteiger charge is -2.22. The molecule has 0 atom stereocenters. The SMILES string of the molecule is COc1cccc(N(CC(=O)NCCc2ccc(OC)c(OC)c2)S(C)(=O)=O)c1. The molecule has 158 valence electrons. The Morgan fingerprint density at radius 3 is 2.34 bits per heavy atom. The molecule has 0 unspecified atom stereocenters. The monoisotopic (exact) mass is 422 g/mol. The van der Waals surface area contributed by atoms with Crippen molar-refractivity contribution in [1.82, 2.24) is 5.32 Å². The molecular weight excluding hydrogens is 396 g/mol. The van der Waals surface area contributed by atoms with Gasteiger partial charge in [-0.25, -0.2) is 8.42 Å². The summed E-state index contributed by atoms with van der Waals surface area (Å²) in [5, 5.41) is 2.75. The first kappa shape index (κ1) is 22.4. The fourth-order valence-electron chi connectivity index (χ4n) is 2.73. The average molecular weight is 423 g/mol. The Kier molecular flexibility index (Phi) is 7.72. The van der Waals surface area contributed by atoms with Crippen molar-refractivity contribution in [3.05, 3.63) is 48.0 Å². The van der Waals surface area contributed by atoms with Crippen molar-refractivity contribution in [2.24, 2.45) is 0 Å². The predicted molar refractivity (Wildman–Crippen MR) is 111 cm³/mol. The molecule has 0 saturated heterocycles. The van der Waals surface area contributed by atoms with Crippen LogP contribution in [0.1, 0.15) is 5.56 Å². The molecule has 0 aliphatic rings. The number of carbonyl (C=O) groups excluding carboxylic acids is 1. The number of rotatable bonds is 10. The molecule has 0 radical (unpaired) electrons. The number of anilines is 1. The highest BCUT2D eigenvalue weighted by Gasteiger charge is 2.21. The first-order chi connectivity index (χ1) is 13.8. The van der Waals surface area contributed by atoms with E-state index in [9.17, 15) is 13.2 Å². The zero-order valence-electron chi connectivity index (χ0n) is 17.0. The molecule has 9 heteroatoms. The number of sulfonamides is 1. The number of hydrogen-bond acceptors (Lipinski definition) is 6. The van der Waals surface area contributed by atoms with Crippen molar-refractivity contribution in [2.45, 2.75) is 6.42 Å². The van der Waals surface area contributed by atoms with Crippen molar-refractivity contribution in [3.63, 3.8) is 0 Å². The van der Waals surface area contributed by atoms with Crippen LogP contribution in [-0.2, 0) is 21.2 Å². The Morgan fingerprint density at radius 2 is 1.72 bits per heavy atom.